The van der Waals surface area contributed by atoms with Gasteiger partial charge in [-0.3, -0.25) is 0 Å². The summed E-state index contributed by atoms with van der Waals surface area (Å²) >= 11 is 5.85. The van der Waals surface area contributed by atoms with Gasteiger partial charge in [0.15, 0.2) is 11.6 Å². The van der Waals surface area contributed by atoms with Crippen molar-refractivity contribution in [3.63, 3.8) is 0 Å². The predicted molar refractivity (Wildman–Crippen MR) is 93.3 cm³/mol. The van der Waals surface area contributed by atoms with E-state index in [4.69, 9.17) is 21.8 Å². The molecule has 0 unspecified atom stereocenters. The minimum absolute atomic E-state index is 0.00478. The van der Waals surface area contributed by atoms with Crippen LogP contribution in [0.5, 0.6) is 0 Å². The number of nitrogens with two attached hydrogens (primary N) is 1. The minimum Gasteiger partial charge on any atom is -0.457 e. The molecule has 1 aromatic carbocycles. The van der Waals surface area contributed by atoms with Crippen LogP contribution in [0.1, 0.15) is 17.4 Å². The zero-order valence-electron chi connectivity index (χ0n) is 14.1. The second kappa shape index (κ2) is 7.15. The Morgan fingerprint density at radius 3 is 2.54 bits per heavy atom. The number of furan rings is 1. The highest BCUT2D eigenvalue weighted by atomic mass is 35.5. The van der Waals surface area contributed by atoms with E-state index in [2.05, 4.69) is 15.3 Å². The molecule has 2 amide bonds. The summed E-state index contributed by atoms with van der Waals surface area (Å²) < 4.78 is 59.6. The van der Waals surface area contributed by atoms with Crippen LogP contribution >= 0.6 is 11.6 Å². The van der Waals surface area contributed by atoms with Crippen LogP contribution in [0.3, 0.4) is 0 Å². The van der Waals surface area contributed by atoms with Crippen LogP contribution in [0.25, 0.3) is 11.0 Å². The second-order valence-electron chi connectivity index (χ2n) is 5.76. The number of hydrogen-bond donors (Lipinski definition) is 3. The summed E-state index contributed by atoms with van der Waals surface area (Å²) in [6.07, 6.45) is -2.66. The molecule has 2 aromatic heterocycles. The average molecular weight is 418 g/mol. The number of alkyl halides is 3. The molecule has 2 heterocycles. The van der Waals surface area contributed by atoms with Crippen LogP contribution in [-0.2, 0) is 0 Å². The maximum absolute atomic E-state index is 13.6. The molecule has 28 heavy (non-hydrogen) atoms. The lowest BCUT2D eigenvalue weighted by atomic mass is 10.1. The number of aryl methyl sites for hydroxylation is 1. The number of halogens is 5. The summed E-state index contributed by atoms with van der Waals surface area (Å²) in [5, 5.41) is 3.82. The van der Waals surface area contributed by atoms with Gasteiger partial charge < -0.3 is 20.8 Å². The van der Waals surface area contributed by atoms with Gasteiger partial charge in [0.2, 0.25) is 5.95 Å². The number of aromatic nitrogens is 2. The van der Waals surface area contributed by atoms with Crippen LogP contribution in [-0.4, -0.2) is 22.2 Å². The van der Waals surface area contributed by atoms with Gasteiger partial charge >= 0.3 is 12.2 Å². The van der Waals surface area contributed by atoms with Gasteiger partial charge in [-0.25, -0.2) is 19.2 Å². The third-order valence-corrected chi connectivity index (χ3v) is 4.07. The molecule has 0 aliphatic carbocycles. The first-order valence-electron chi connectivity index (χ1n) is 7.66. The maximum atomic E-state index is 13.6. The Bertz CT molecular complexity index is 1040. The average Bonchev–Trinajstić information content (AvgIpc) is 2.91. The molecule has 0 saturated heterocycles. The second-order valence-corrected chi connectivity index (χ2v) is 6.17. The fraction of sp³-hybridized carbons (Fsp3) is 0.188. The molecule has 3 aromatic rings. The van der Waals surface area contributed by atoms with E-state index in [1.54, 1.807) is 5.32 Å². The summed E-state index contributed by atoms with van der Waals surface area (Å²) in [6, 6.07) is -1.77. The van der Waals surface area contributed by atoms with Crippen molar-refractivity contribution in [2.24, 2.45) is 0 Å². The third kappa shape index (κ3) is 3.93. The number of nitrogens with one attached hydrogen (secondary N) is 2. The molecule has 0 bridgehead atoms. The van der Waals surface area contributed by atoms with Crippen molar-refractivity contribution < 1.29 is 26.8 Å². The number of nitrogens with zero attached hydrogens (tertiary/aromatic N) is 2. The first-order valence-corrected chi connectivity index (χ1v) is 8.04. The first-order chi connectivity index (χ1) is 13.1. The van der Waals surface area contributed by atoms with Crippen molar-refractivity contribution in [1.82, 2.24) is 15.3 Å². The number of carbonyl (C=O) groups excluding carboxylic acids is 1. The summed E-state index contributed by atoms with van der Waals surface area (Å²) in [5.41, 5.74) is 5.21. The van der Waals surface area contributed by atoms with Crippen molar-refractivity contribution in [1.29, 1.82) is 0 Å². The Morgan fingerprint density at radius 2 is 1.93 bits per heavy atom. The lowest BCUT2D eigenvalue weighted by Gasteiger charge is -2.20. The molecule has 4 N–H and O–H groups in total. The van der Waals surface area contributed by atoms with Crippen molar-refractivity contribution in [2.45, 2.75) is 19.1 Å². The van der Waals surface area contributed by atoms with Gasteiger partial charge in [-0.2, -0.15) is 13.2 Å². The standard InChI is InChI=1S/C16H12ClF4N5O2/c1-6-9-2-7(18)3-10(17)12(9)28-11(6)13(16(19,20)21)26-15(27)25-8-4-23-14(22)24-5-8/h2-5,13H,1H3,(H2,22,23,24)(H2,25,26,27)/t13-/m0/s1. The molecule has 148 valence electrons. The van der Waals surface area contributed by atoms with Crippen LogP contribution in [0.4, 0.5) is 34.0 Å². The van der Waals surface area contributed by atoms with Crippen molar-refractivity contribution >= 4 is 40.2 Å². The lowest BCUT2D eigenvalue weighted by Crippen LogP contribution is -2.40. The molecule has 0 saturated carbocycles. The molecule has 7 nitrogen and oxygen atoms in total. The zero-order valence-corrected chi connectivity index (χ0v) is 14.8. The molecule has 12 heteroatoms. The Labute approximate surface area is 159 Å². The Hall–Kier alpha value is -3.08. The van der Waals surface area contributed by atoms with Gasteiger partial charge in [-0.05, 0) is 19.1 Å². The smallest absolute Gasteiger partial charge is 0.416 e. The summed E-state index contributed by atoms with van der Waals surface area (Å²) in [5.74, 6) is -1.41. The van der Waals surface area contributed by atoms with Gasteiger partial charge in [0.05, 0.1) is 23.1 Å². The van der Waals surface area contributed by atoms with E-state index in [0.717, 1.165) is 24.5 Å². The van der Waals surface area contributed by atoms with E-state index < -0.39 is 29.8 Å². The van der Waals surface area contributed by atoms with E-state index >= 15 is 0 Å². The molecule has 0 radical (unpaired) electrons. The summed E-state index contributed by atoms with van der Waals surface area (Å²) in [7, 11) is 0. The van der Waals surface area contributed by atoms with E-state index in [1.807, 2.05) is 0 Å². The Balaban J connectivity index is 1.94. The largest absolute Gasteiger partial charge is 0.457 e. The third-order valence-electron chi connectivity index (χ3n) is 3.79. The SMILES string of the molecule is Cc1c([C@H](NC(=O)Nc2cnc(N)nc2)C(F)(F)F)oc2c(Cl)cc(F)cc12. The Kier molecular flexibility index (Phi) is 5.02. The van der Waals surface area contributed by atoms with E-state index in [1.165, 1.54) is 6.92 Å². The molecule has 0 fully saturated rings. The van der Waals surface area contributed by atoms with Crippen LogP contribution in [0, 0.1) is 12.7 Å². The number of nitrogen functional groups attached to an aromatic ring is 1. The van der Waals surface area contributed by atoms with E-state index in [9.17, 15) is 22.4 Å². The molecule has 0 spiro atoms. The molecule has 0 aliphatic heterocycles. The van der Waals surface area contributed by atoms with Crippen molar-refractivity contribution in [3.05, 3.63) is 46.7 Å². The fourth-order valence-electron chi connectivity index (χ4n) is 2.53. The molecule has 1 atom stereocenters. The number of carbonyl (C=O) groups is 1. The number of rotatable bonds is 3. The first kappa shape index (κ1) is 19.7. The fourth-order valence-corrected chi connectivity index (χ4v) is 2.78. The number of hydrogen-bond acceptors (Lipinski definition) is 5. The number of benzene rings is 1. The molecule has 0 aliphatic rings. The molecule has 3 rings (SSSR count). The van der Waals surface area contributed by atoms with Crippen molar-refractivity contribution in [2.75, 3.05) is 11.1 Å². The predicted octanol–water partition coefficient (Wildman–Crippen LogP) is 4.33. The summed E-state index contributed by atoms with van der Waals surface area (Å²) in [6.45, 7) is 1.31. The van der Waals surface area contributed by atoms with E-state index in [0.29, 0.717) is 0 Å². The van der Waals surface area contributed by atoms with Gasteiger partial charge in [0, 0.05) is 10.9 Å². The number of anilines is 2. The highest BCUT2D eigenvalue weighted by molar-refractivity contribution is 6.34. The van der Waals surface area contributed by atoms with Gasteiger partial charge in [-0.1, -0.05) is 11.6 Å². The van der Waals surface area contributed by atoms with Gasteiger partial charge in [0.25, 0.3) is 0 Å². The number of urea groups is 1. The van der Waals surface area contributed by atoms with Crippen molar-refractivity contribution in [3.8, 4) is 0 Å². The minimum atomic E-state index is -4.90. The highest BCUT2D eigenvalue weighted by Gasteiger charge is 2.45. The van der Waals surface area contributed by atoms with E-state index in [-0.39, 0.29) is 33.2 Å². The Morgan fingerprint density at radius 1 is 1.29 bits per heavy atom. The lowest BCUT2D eigenvalue weighted by molar-refractivity contribution is -0.158. The number of fused-ring (bicyclic) bond motifs is 1. The van der Waals surface area contributed by atoms with Gasteiger partial charge in [-0.15, -0.1) is 0 Å². The molecular formula is C16H12ClF4N5O2. The van der Waals surface area contributed by atoms with Crippen LogP contribution < -0.4 is 16.4 Å². The van der Waals surface area contributed by atoms with Crippen LogP contribution in [0.15, 0.2) is 28.9 Å². The normalized spacial score (nSPS) is 12.8. The zero-order chi connectivity index (χ0) is 20.6. The maximum Gasteiger partial charge on any atom is 0.416 e. The molecular weight excluding hydrogens is 406 g/mol. The van der Waals surface area contributed by atoms with Gasteiger partial charge in [0.1, 0.15) is 11.6 Å². The topological polar surface area (TPSA) is 106 Å². The van der Waals surface area contributed by atoms with Crippen LogP contribution in [0.2, 0.25) is 5.02 Å². The quantitative estimate of drug-likeness (QED) is 0.550. The summed E-state index contributed by atoms with van der Waals surface area (Å²) in [4.78, 5) is 19.3. The number of amides is 2. The highest BCUT2D eigenvalue weighted by Crippen LogP contribution is 2.40. The monoisotopic (exact) mass is 417 g/mol.